The zero-order chi connectivity index (χ0) is 15.5. The van der Waals surface area contributed by atoms with Crippen LogP contribution in [0.3, 0.4) is 0 Å². The molecule has 1 aromatic carbocycles. The Hall–Kier alpha value is -0.330. The minimum Gasteiger partial charge on any atom is -0.326 e. The van der Waals surface area contributed by atoms with E-state index in [1.165, 1.54) is 16.4 Å². The van der Waals surface area contributed by atoms with Crippen molar-refractivity contribution in [3.05, 3.63) is 27.7 Å². The average molecular weight is 339 g/mol. The van der Waals surface area contributed by atoms with Crippen molar-refractivity contribution in [2.45, 2.75) is 44.2 Å². The van der Waals surface area contributed by atoms with Crippen LogP contribution in [0.15, 0.2) is 17.0 Å². The van der Waals surface area contributed by atoms with Crippen molar-refractivity contribution >= 4 is 33.2 Å². The Kier molecular flexibility index (Phi) is 6.28. The smallest absolute Gasteiger partial charge is 0.244 e. The molecule has 0 bridgehead atoms. The third kappa shape index (κ3) is 3.46. The highest BCUT2D eigenvalue weighted by atomic mass is 35.5. The Morgan fingerprint density at radius 1 is 1.20 bits per heavy atom. The van der Waals surface area contributed by atoms with Crippen LogP contribution in [-0.2, 0) is 16.6 Å². The number of benzene rings is 1. The number of halogens is 2. The van der Waals surface area contributed by atoms with E-state index < -0.39 is 10.0 Å². The predicted molar refractivity (Wildman–Crippen MR) is 83.7 cm³/mol. The molecule has 0 aromatic heterocycles. The van der Waals surface area contributed by atoms with Gasteiger partial charge < -0.3 is 5.73 Å². The minimum absolute atomic E-state index is 0.0541. The molecule has 0 saturated carbocycles. The van der Waals surface area contributed by atoms with Gasteiger partial charge in [0.1, 0.15) is 4.90 Å². The Bertz CT molecular complexity index is 572. The van der Waals surface area contributed by atoms with Crippen molar-refractivity contribution in [1.82, 2.24) is 4.31 Å². The van der Waals surface area contributed by atoms with E-state index in [0.29, 0.717) is 10.6 Å². The molecule has 0 atom stereocenters. The molecule has 0 radical (unpaired) electrons. The lowest BCUT2D eigenvalue weighted by molar-refractivity contribution is 0.349. The number of sulfonamides is 1. The Balaban J connectivity index is 3.35. The first kappa shape index (κ1) is 17.7. The lowest BCUT2D eigenvalue weighted by Gasteiger charge is -2.26. The van der Waals surface area contributed by atoms with Gasteiger partial charge in [-0.25, -0.2) is 8.42 Å². The maximum absolute atomic E-state index is 12.6. The Morgan fingerprint density at radius 2 is 1.75 bits per heavy atom. The quantitative estimate of drug-likeness (QED) is 0.865. The van der Waals surface area contributed by atoms with Gasteiger partial charge in [-0.05, 0) is 30.5 Å². The van der Waals surface area contributed by atoms with Crippen molar-refractivity contribution in [3.63, 3.8) is 0 Å². The standard InChI is InChI=1S/C13H20Cl2N2O2S/c1-4-10(5-2)17(3)20(18,19)13-6-9(8-16)11(14)7-12(13)15/h6-7,10H,4-5,8,16H2,1-3H3. The Labute approximate surface area is 130 Å². The van der Waals surface area contributed by atoms with Crippen LogP contribution in [0.5, 0.6) is 0 Å². The highest BCUT2D eigenvalue weighted by molar-refractivity contribution is 7.89. The monoisotopic (exact) mass is 338 g/mol. The fraction of sp³-hybridized carbons (Fsp3) is 0.538. The van der Waals surface area contributed by atoms with Gasteiger partial charge >= 0.3 is 0 Å². The summed E-state index contributed by atoms with van der Waals surface area (Å²) < 4.78 is 26.7. The first-order valence-electron chi connectivity index (χ1n) is 6.45. The van der Waals surface area contributed by atoms with Gasteiger partial charge in [-0.15, -0.1) is 0 Å². The normalized spacial score (nSPS) is 12.4. The van der Waals surface area contributed by atoms with Crippen LogP contribution < -0.4 is 5.73 Å². The van der Waals surface area contributed by atoms with E-state index in [1.807, 2.05) is 13.8 Å². The van der Waals surface area contributed by atoms with Crippen molar-refractivity contribution in [1.29, 1.82) is 0 Å². The topological polar surface area (TPSA) is 63.4 Å². The molecule has 0 saturated heterocycles. The number of hydrogen-bond acceptors (Lipinski definition) is 3. The molecular formula is C13H20Cl2N2O2S. The zero-order valence-electron chi connectivity index (χ0n) is 11.9. The molecule has 0 heterocycles. The molecule has 0 aliphatic carbocycles. The van der Waals surface area contributed by atoms with E-state index >= 15 is 0 Å². The molecule has 2 N–H and O–H groups in total. The van der Waals surface area contributed by atoms with Gasteiger partial charge in [0.2, 0.25) is 10.0 Å². The fourth-order valence-corrected chi connectivity index (χ4v) is 4.43. The molecule has 0 amide bonds. The second kappa shape index (κ2) is 7.09. The molecule has 0 unspecified atom stereocenters. The van der Waals surface area contributed by atoms with Gasteiger partial charge in [-0.2, -0.15) is 4.31 Å². The largest absolute Gasteiger partial charge is 0.326 e. The van der Waals surface area contributed by atoms with Crippen LogP contribution in [0.2, 0.25) is 10.0 Å². The first-order valence-corrected chi connectivity index (χ1v) is 8.65. The summed E-state index contributed by atoms with van der Waals surface area (Å²) >= 11 is 12.0. The summed E-state index contributed by atoms with van der Waals surface area (Å²) in [6, 6.07) is 2.82. The third-order valence-corrected chi connectivity index (χ3v) is 6.16. The van der Waals surface area contributed by atoms with E-state index in [-0.39, 0.29) is 22.5 Å². The van der Waals surface area contributed by atoms with E-state index in [2.05, 4.69) is 0 Å². The highest BCUT2D eigenvalue weighted by Crippen LogP contribution is 2.31. The number of nitrogens with two attached hydrogens (primary N) is 1. The number of nitrogens with zero attached hydrogens (tertiary/aromatic N) is 1. The predicted octanol–water partition coefficient (Wildman–Crippen LogP) is 3.26. The third-order valence-electron chi connectivity index (χ3n) is 3.43. The van der Waals surface area contributed by atoms with Crippen molar-refractivity contribution < 1.29 is 8.42 Å². The SMILES string of the molecule is CCC(CC)N(C)S(=O)(=O)c1cc(CN)c(Cl)cc1Cl. The molecule has 0 fully saturated rings. The average Bonchev–Trinajstić information content (AvgIpc) is 2.39. The lowest BCUT2D eigenvalue weighted by atomic mass is 10.2. The summed E-state index contributed by atoms with van der Waals surface area (Å²) in [5, 5.41) is 0.492. The second-order valence-corrected chi connectivity index (χ2v) is 7.35. The lowest BCUT2D eigenvalue weighted by Crippen LogP contribution is -2.36. The molecule has 0 aliphatic rings. The summed E-state index contributed by atoms with van der Waals surface area (Å²) in [7, 11) is -2.09. The van der Waals surface area contributed by atoms with E-state index in [9.17, 15) is 8.42 Å². The molecule has 0 aliphatic heterocycles. The summed E-state index contributed by atoms with van der Waals surface area (Å²) in [4.78, 5) is 0.0541. The van der Waals surface area contributed by atoms with Gasteiger partial charge in [-0.1, -0.05) is 37.0 Å². The van der Waals surface area contributed by atoms with Crippen molar-refractivity contribution in [3.8, 4) is 0 Å². The van der Waals surface area contributed by atoms with Gasteiger partial charge in [0.15, 0.2) is 0 Å². The Morgan fingerprint density at radius 3 is 2.20 bits per heavy atom. The zero-order valence-corrected chi connectivity index (χ0v) is 14.2. The first-order chi connectivity index (χ1) is 9.29. The van der Waals surface area contributed by atoms with Crippen LogP contribution in [0, 0.1) is 0 Å². The summed E-state index contributed by atoms with van der Waals surface area (Å²) in [5.41, 5.74) is 6.13. The van der Waals surface area contributed by atoms with Gasteiger partial charge in [0.25, 0.3) is 0 Å². The van der Waals surface area contributed by atoms with Crippen LogP contribution in [0.4, 0.5) is 0 Å². The highest BCUT2D eigenvalue weighted by Gasteiger charge is 2.28. The molecule has 7 heteroatoms. The van der Waals surface area contributed by atoms with Gasteiger partial charge in [-0.3, -0.25) is 0 Å². The summed E-state index contributed by atoms with van der Waals surface area (Å²) in [6.07, 6.45) is 1.47. The molecule has 4 nitrogen and oxygen atoms in total. The molecule has 20 heavy (non-hydrogen) atoms. The van der Waals surface area contributed by atoms with Crippen LogP contribution >= 0.6 is 23.2 Å². The summed E-state index contributed by atoms with van der Waals surface area (Å²) in [6.45, 7) is 4.07. The van der Waals surface area contributed by atoms with Crippen LogP contribution in [0.25, 0.3) is 0 Å². The maximum Gasteiger partial charge on any atom is 0.244 e. The molecule has 1 aromatic rings. The van der Waals surface area contributed by atoms with Crippen LogP contribution in [0.1, 0.15) is 32.3 Å². The van der Waals surface area contributed by atoms with E-state index in [4.69, 9.17) is 28.9 Å². The number of rotatable bonds is 6. The van der Waals surface area contributed by atoms with E-state index in [0.717, 1.165) is 12.8 Å². The number of hydrogen-bond donors (Lipinski definition) is 1. The molecular weight excluding hydrogens is 319 g/mol. The molecule has 114 valence electrons. The second-order valence-electron chi connectivity index (χ2n) is 4.57. The maximum atomic E-state index is 12.6. The van der Waals surface area contributed by atoms with Crippen LogP contribution in [-0.4, -0.2) is 25.8 Å². The van der Waals surface area contributed by atoms with Gasteiger partial charge in [0.05, 0.1) is 5.02 Å². The molecule has 0 spiro atoms. The summed E-state index contributed by atoms with van der Waals surface area (Å²) in [5.74, 6) is 0. The van der Waals surface area contributed by atoms with Crippen molar-refractivity contribution in [2.24, 2.45) is 5.73 Å². The van der Waals surface area contributed by atoms with Gasteiger partial charge in [0, 0.05) is 24.7 Å². The van der Waals surface area contributed by atoms with Crippen molar-refractivity contribution in [2.75, 3.05) is 7.05 Å². The van der Waals surface area contributed by atoms with E-state index in [1.54, 1.807) is 7.05 Å². The fourth-order valence-electron chi connectivity index (χ4n) is 2.08. The molecule has 1 rings (SSSR count). The minimum atomic E-state index is -3.66.